The van der Waals surface area contributed by atoms with E-state index in [1.165, 1.54) is 0 Å². The van der Waals surface area contributed by atoms with E-state index in [4.69, 9.17) is 9.47 Å². The highest BCUT2D eigenvalue weighted by atomic mass is 16.5. The van der Waals surface area contributed by atoms with Crippen LogP contribution in [0.3, 0.4) is 0 Å². The van der Waals surface area contributed by atoms with Crippen LogP contribution in [0.2, 0.25) is 0 Å². The van der Waals surface area contributed by atoms with Crippen LogP contribution in [-0.4, -0.2) is 68.4 Å². The molecule has 0 bridgehead atoms. The summed E-state index contributed by atoms with van der Waals surface area (Å²) in [5, 5.41) is 9.36. The van der Waals surface area contributed by atoms with Gasteiger partial charge >= 0.3 is 0 Å². The molecule has 20 heavy (non-hydrogen) atoms. The Hall–Kier alpha value is -1.30. The van der Waals surface area contributed by atoms with Crippen LogP contribution in [0.1, 0.15) is 5.56 Å². The van der Waals surface area contributed by atoms with Crippen molar-refractivity contribution in [2.45, 2.75) is 6.61 Å². The number of hydrogen-bond donors (Lipinski definition) is 1. The van der Waals surface area contributed by atoms with E-state index in [1.54, 1.807) is 7.11 Å². The monoisotopic (exact) mass is 280 g/mol. The molecule has 1 aliphatic rings. The number of hydrogen-bond acceptors (Lipinski definition) is 5. The maximum atomic E-state index is 9.36. The van der Waals surface area contributed by atoms with Crippen molar-refractivity contribution in [2.24, 2.45) is 0 Å². The molecule has 112 valence electrons. The Morgan fingerprint density at radius 1 is 1.20 bits per heavy atom. The molecule has 0 aliphatic carbocycles. The van der Waals surface area contributed by atoms with Crippen molar-refractivity contribution >= 4 is 0 Å². The first-order valence-electron chi connectivity index (χ1n) is 7.05. The van der Waals surface area contributed by atoms with Crippen molar-refractivity contribution in [1.29, 1.82) is 0 Å². The number of nitrogens with zero attached hydrogens (tertiary/aromatic N) is 2. The summed E-state index contributed by atoms with van der Waals surface area (Å²) in [5.74, 6) is 1.33. The number of benzene rings is 1. The molecule has 0 saturated carbocycles. The van der Waals surface area contributed by atoms with E-state index in [-0.39, 0.29) is 6.61 Å². The lowest BCUT2D eigenvalue weighted by Crippen LogP contribution is -2.45. The number of aliphatic hydroxyl groups is 1. The van der Waals surface area contributed by atoms with Gasteiger partial charge in [0.15, 0.2) is 11.5 Å². The second kappa shape index (κ2) is 7.47. The van der Waals surface area contributed by atoms with Gasteiger partial charge in [-0.2, -0.15) is 0 Å². The van der Waals surface area contributed by atoms with Crippen molar-refractivity contribution in [3.05, 3.63) is 23.8 Å². The molecule has 1 aliphatic heterocycles. The Kier molecular flexibility index (Phi) is 5.64. The van der Waals surface area contributed by atoms with Gasteiger partial charge in [0.1, 0.15) is 6.61 Å². The van der Waals surface area contributed by atoms with Crippen LogP contribution in [0.25, 0.3) is 0 Å². The third kappa shape index (κ3) is 3.85. The molecule has 1 N–H and O–H groups in total. The number of likely N-dealkylation sites (N-methyl/N-ethyl adjacent to an activating group) is 1. The Morgan fingerprint density at radius 3 is 2.60 bits per heavy atom. The maximum Gasteiger partial charge on any atom is 0.166 e. The van der Waals surface area contributed by atoms with Crippen molar-refractivity contribution < 1.29 is 14.6 Å². The fourth-order valence-electron chi connectivity index (χ4n) is 2.36. The average molecular weight is 280 g/mol. The molecule has 0 amide bonds. The molecule has 5 heteroatoms. The zero-order valence-electron chi connectivity index (χ0n) is 12.3. The van der Waals surface area contributed by atoms with Gasteiger partial charge in [0.25, 0.3) is 0 Å². The summed E-state index contributed by atoms with van der Waals surface area (Å²) in [6, 6.07) is 5.57. The molecule has 0 radical (unpaired) electrons. The van der Waals surface area contributed by atoms with Gasteiger partial charge in [-0.15, -0.1) is 0 Å². The van der Waals surface area contributed by atoms with E-state index in [2.05, 4.69) is 16.8 Å². The van der Waals surface area contributed by atoms with Crippen LogP contribution < -0.4 is 9.47 Å². The fraction of sp³-hybridized carbons (Fsp3) is 0.600. The standard InChI is InChI=1S/C15H24N2O3/c1-16-6-8-17(9-7-16)10-11-20-15-13(12-18)4-3-5-14(15)19-2/h3-5,18H,6-12H2,1-2H3. The number of piperazine rings is 1. The molecule has 0 aromatic heterocycles. The van der Waals surface area contributed by atoms with Gasteiger partial charge in [-0.25, -0.2) is 0 Å². The minimum Gasteiger partial charge on any atom is -0.493 e. The van der Waals surface area contributed by atoms with Gasteiger partial charge in [-0.3, -0.25) is 4.90 Å². The Morgan fingerprint density at radius 2 is 1.95 bits per heavy atom. The summed E-state index contributed by atoms with van der Waals surface area (Å²) in [7, 11) is 3.76. The molecule has 0 spiro atoms. The average Bonchev–Trinajstić information content (AvgIpc) is 2.49. The second-order valence-corrected chi connectivity index (χ2v) is 5.10. The van der Waals surface area contributed by atoms with Crippen LogP contribution in [0.4, 0.5) is 0 Å². The van der Waals surface area contributed by atoms with Crippen molar-refractivity contribution in [3.63, 3.8) is 0 Å². The van der Waals surface area contributed by atoms with Gasteiger partial charge in [0.05, 0.1) is 13.7 Å². The van der Waals surface area contributed by atoms with Crippen molar-refractivity contribution in [2.75, 3.05) is 53.5 Å². The third-order valence-electron chi connectivity index (χ3n) is 3.70. The van der Waals surface area contributed by atoms with Crippen molar-refractivity contribution in [3.8, 4) is 11.5 Å². The lowest BCUT2D eigenvalue weighted by atomic mass is 10.2. The normalized spacial score (nSPS) is 17.1. The highest BCUT2D eigenvalue weighted by Gasteiger charge is 2.14. The van der Waals surface area contributed by atoms with Crippen LogP contribution in [0.5, 0.6) is 11.5 Å². The molecular weight excluding hydrogens is 256 g/mol. The highest BCUT2D eigenvalue weighted by molar-refractivity contribution is 5.46. The Balaban J connectivity index is 1.87. The molecule has 1 saturated heterocycles. The minimum atomic E-state index is -0.0406. The SMILES string of the molecule is COc1cccc(CO)c1OCCN1CCN(C)CC1. The van der Waals surface area contributed by atoms with Crippen LogP contribution >= 0.6 is 0 Å². The largest absolute Gasteiger partial charge is 0.493 e. The minimum absolute atomic E-state index is 0.0406. The summed E-state index contributed by atoms with van der Waals surface area (Å²) in [6.07, 6.45) is 0. The first kappa shape index (κ1) is 15.1. The zero-order valence-corrected chi connectivity index (χ0v) is 12.3. The molecule has 1 heterocycles. The number of ether oxygens (including phenoxy) is 2. The van der Waals surface area contributed by atoms with Gasteiger partial charge in [-0.05, 0) is 13.1 Å². The molecule has 1 aromatic rings. The predicted octanol–water partition coefficient (Wildman–Crippen LogP) is 0.814. The molecule has 1 fully saturated rings. The zero-order chi connectivity index (χ0) is 14.4. The van der Waals surface area contributed by atoms with Crippen LogP contribution in [-0.2, 0) is 6.61 Å². The van der Waals surface area contributed by atoms with Gasteiger partial charge < -0.3 is 19.5 Å². The van der Waals surface area contributed by atoms with E-state index in [0.29, 0.717) is 18.1 Å². The first-order chi connectivity index (χ1) is 9.74. The third-order valence-corrected chi connectivity index (χ3v) is 3.70. The van der Waals surface area contributed by atoms with E-state index in [9.17, 15) is 5.11 Å². The number of para-hydroxylation sites is 1. The van der Waals surface area contributed by atoms with E-state index < -0.39 is 0 Å². The summed E-state index contributed by atoms with van der Waals surface area (Å²) in [4.78, 5) is 4.73. The predicted molar refractivity (Wildman–Crippen MR) is 78.3 cm³/mol. The summed E-state index contributed by atoms with van der Waals surface area (Å²) in [6.45, 7) is 5.85. The molecule has 5 nitrogen and oxygen atoms in total. The van der Waals surface area contributed by atoms with Gasteiger partial charge in [-0.1, -0.05) is 12.1 Å². The van der Waals surface area contributed by atoms with E-state index in [0.717, 1.165) is 38.3 Å². The topological polar surface area (TPSA) is 45.2 Å². The first-order valence-corrected chi connectivity index (χ1v) is 7.05. The van der Waals surface area contributed by atoms with Gasteiger partial charge in [0.2, 0.25) is 0 Å². The number of methoxy groups -OCH3 is 1. The highest BCUT2D eigenvalue weighted by Crippen LogP contribution is 2.30. The Labute approximate surface area is 120 Å². The molecule has 0 atom stereocenters. The number of rotatable bonds is 6. The smallest absolute Gasteiger partial charge is 0.166 e. The maximum absolute atomic E-state index is 9.36. The molecule has 0 unspecified atom stereocenters. The Bertz CT molecular complexity index is 395. The molecule has 1 aromatic carbocycles. The lowest BCUT2D eigenvalue weighted by Gasteiger charge is -2.32. The quantitative estimate of drug-likeness (QED) is 0.835. The summed E-state index contributed by atoms with van der Waals surface area (Å²) >= 11 is 0. The van der Waals surface area contributed by atoms with E-state index >= 15 is 0 Å². The molecule has 2 rings (SSSR count). The molecular formula is C15H24N2O3. The van der Waals surface area contributed by atoms with Crippen molar-refractivity contribution in [1.82, 2.24) is 9.80 Å². The van der Waals surface area contributed by atoms with Crippen LogP contribution in [0.15, 0.2) is 18.2 Å². The summed E-state index contributed by atoms with van der Waals surface area (Å²) < 4.78 is 11.1. The van der Waals surface area contributed by atoms with Crippen LogP contribution in [0, 0.1) is 0 Å². The lowest BCUT2D eigenvalue weighted by molar-refractivity contribution is 0.132. The fourth-order valence-corrected chi connectivity index (χ4v) is 2.36. The van der Waals surface area contributed by atoms with Gasteiger partial charge in [0, 0.05) is 38.3 Å². The second-order valence-electron chi connectivity index (χ2n) is 5.10. The summed E-state index contributed by atoms with van der Waals surface area (Å²) in [5.41, 5.74) is 0.766. The number of aliphatic hydroxyl groups excluding tert-OH is 1. The van der Waals surface area contributed by atoms with E-state index in [1.807, 2.05) is 18.2 Å².